The van der Waals surface area contributed by atoms with Crippen molar-refractivity contribution in [1.29, 1.82) is 0 Å². The van der Waals surface area contributed by atoms with Crippen molar-refractivity contribution in [3.63, 3.8) is 0 Å². The highest BCUT2D eigenvalue weighted by atomic mass is 16.7. The lowest BCUT2D eigenvalue weighted by Crippen LogP contribution is -2.54. The molecule has 9 nitrogen and oxygen atoms in total. The zero-order valence-electron chi connectivity index (χ0n) is 9.25. The van der Waals surface area contributed by atoms with E-state index in [1.165, 1.54) is 0 Å². The van der Waals surface area contributed by atoms with Crippen molar-refractivity contribution >= 4 is 0 Å². The summed E-state index contributed by atoms with van der Waals surface area (Å²) in [4.78, 5) is 0.485. The molecule has 0 aromatic rings. The fourth-order valence-corrected chi connectivity index (χ4v) is 1.07. The second-order valence-corrected chi connectivity index (χ2v) is 3.78. The summed E-state index contributed by atoms with van der Waals surface area (Å²) in [5, 5.41) is 71.6. The summed E-state index contributed by atoms with van der Waals surface area (Å²) in [5.41, 5.74) is 0. The third-order valence-electron chi connectivity index (χ3n) is 2.30. The van der Waals surface area contributed by atoms with Crippen LogP contribution in [0.1, 0.15) is 0 Å². The van der Waals surface area contributed by atoms with Crippen LogP contribution in [0.4, 0.5) is 0 Å². The summed E-state index contributed by atoms with van der Waals surface area (Å²) in [6.07, 6.45) is -10.1. The Hall–Kier alpha value is -0.360. The number of hydrogen-bond donors (Lipinski definition) is 8. The van der Waals surface area contributed by atoms with Crippen molar-refractivity contribution in [2.24, 2.45) is 0 Å². The number of likely N-dealkylation sites (N-methyl/N-ethyl adjacent to an activating group) is 1. The molecule has 0 saturated heterocycles. The lowest BCUT2D eigenvalue weighted by molar-refractivity contribution is -0.391. The zero-order valence-corrected chi connectivity index (χ0v) is 9.25. The molecule has 0 rings (SSSR count). The second kappa shape index (κ2) is 6.54. The molecule has 0 aliphatic carbocycles. The van der Waals surface area contributed by atoms with Gasteiger partial charge in [0.05, 0.1) is 12.7 Å². The first kappa shape index (κ1) is 16.6. The fourth-order valence-electron chi connectivity index (χ4n) is 1.07. The number of aliphatic hydroxyl groups excluding tert-OH is 5. The van der Waals surface area contributed by atoms with Gasteiger partial charge in [-0.25, -0.2) is 4.90 Å². The highest BCUT2D eigenvalue weighted by Gasteiger charge is 2.34. The van der Waals surface area contributed by atoms with Crippen LogP contribution in [-0.4, -0.2) is 96.5 Å². The topological polar surface area (TPSA) is 165 Å². The van der Waals surface area contributed by atoms with Gasteiger partial charge in [0.15, 0.2) is 0 Å². The van der Waals surface area contributed by atoms with Gasteiger partial charge >= 0.3 is 6.10 Å². The number of rotatable bonds is 7. The normalized spacial score (nSPS) is 20.1. The largest absolute Gasteiger partial charge is 0.394 e. The molecule has 0 aromatic carbocycles. The van der Waals surface area contributed by atoms with Gasteiger partial charge in [-0.05, 0) is 7.05 Å². The molecule has 0 amide bonds. The SMILES string of the molecule is CN(C[C@H](O)[C@@H](O)[C@H](O)[C@H](O)CO)C(O)(O)O. The van der Waals surface area contributed by atoms with Crippen molar-refractivity contribution in [3.8, 4) is 0 Å². The van der Waals surface area contributed by atoms with E-state index in [2.05, 4.69) is 0 Å². The molecule has 0 spiro atoms. The zero-order chi connectivity index (χ0) is 13.8. The molecule has 0 radical (unpaired) electrons. The van der Waals surface area contributed by atoms with Crippen LogP contribution in [-0.2, 0) is 0 Å². The molecule has 9 heteroatoms. The molecule has 0 unspecified atom stereocenters. The average Bonchev–Trinajstić information content (AvgIpc) is 2.24. The van der Waals surface area contributed by atoms with Gasteiger partial charge in [-0.3, -0.25) is 0 Å². The van der Waals surface area contributed by atoms with E-state index in [0.29, 0.717) is 4.90 Å². The van der Waals surface area contributed by atoms with Gasteiger partial charge in [-0.15, -0.1) is 0 Å². The van der Waals surface area contributed by atoms with E-state index in [1.54, 1.807) is 0 Å². The van der Waals surface area contributed by atoms with E-state index in [9.17, 15) is 15.3 Å². The van der Waals surface area contributed by atoms with Gasteiger partial charge in [-0.2, -0.15) is 0 Å². The summed E-state index contributed by atoms with van der Waals surface area (Å²) >= 11 is 0. The average molecular weight is 257 g/mol. The predicted octanol–water partition coefficient (Wildman–Crippen LogP) is -5.06. The minimum atomic E-state index is -3.18. The lowest BCUT2D eigenvalue weighted by Gasteiger charge is -2.31. The molecule has 0 aliphatic rings. The third-order valence-corrected chi connectivity index (χ3v) is 2.30. The Morgan fingerprint density at radius 1 is 0.941 bits per heavy atom. The van der Waals surface area contributed by atoms with Crippen molar-refractivity contribution in [2.45, 2.75) is 30.5 Å². The molecule has 17 heavy (non-hydrogen) atoms. The maximum Gasteiger partial charge on any atom is 0.345 e. The van der Waals surface area contributed by atoms with E-state index in [4.69, 9.17) is 25.5 Å². The standard InChI is InChI=1S/C8H19NO8/c1-9(8(15,16)17)2-4(11)6(13)7(14)5(12)3-10/h4-7,10-17H,2-3H2,1H3/t4-,5+,6+,7+/m0/s1. The monoisotopic (exact) mass is 257 g/mol. The highest BCUT2D eigenvalue weighted by Crippen LogP contribution is 2.09. The van der Waals surface area contributed by atoms with Crippen LogP contribution in [0.5, 0.6) is 0 Å². The van der Waals surface area contributed by atoms with Crippen LogP contribution >= 0.6 is 0 Å². The molecular weight excluding hydrogens is 238 g/mol. The maximum atomic E-state index is 9.39. The van der Waals surface area contributed by atoms with Gasteiger partial charge in [0.1, 0.15) is 18.3 Å². The minimum absolute atomic E-state index is 0.485. The van der Waals surface area contributed by atoms with Gasteiger partial charge < -0.3 is 40.9 Å². The third kappa shape index (κ3) is 5.21. The Kier molecular flexibility index (Phi) is 6.40. The van der Waals surface area contributed by atoms with Crippen molar-refractivity contribution in [3.05, 3.63) is 0 Å². The first-order chi connectivity index (χ1) is 7.61. The fraction of sp³-hybridized carbons (Fsp3) is 1.00. The molecule has 104 valence electrons. The Morgan fingerprint density at radius 3 is 1.71 bits per heavy atom. The van der Waals surface area contributed by atoms with Gasteiger partial charge in [-0.1, -0.05) is 0 Å². The Morgan fingerprint density at radius 2 is 1.35 bits per heavy atom. The summed E-state index contributed by atoms with van der Waals surface area (Å²) in [6.45, 7) is -1.41. The quantitative estimate of drug-likeness (QED) is 0.208. The van der Waals surface area contributed by atoms with E-state index < -0.39 is 43.7 Å². The number of nitrogens with zero attached hydrogens (tertiary/aromatic N) is 1. The van der Waals surface area contributed by atoms with E-state index in [-0.39, 0.29) is 0 Å². The van der Waals surface area contributed by atoms with Crippen LogP contribution in [0, 0.1) is 0 Å². The lowest BCUT2D eigenvalue weighted by atomic mass is 10.0. The van der Waals surface area contributed by atoms with Crippen LogP contribution in [0.2, 0.25) is 0 Å². The van der Waals surface area contributed by atoms with E-state index >= 15 is 0 Å². The van der Waals surface area contributed by atoms with Crippen LogP contribution in [0.25, 0.3) is 0 Å². The Labute approximate surface area is 97.4 Å². The summed E-state index contributed by atoms with van der Waals surface area (Å²) in [5.74, 6) is 0. The molecule has 8 N–H and O–H groups in total. The highest BCUT2D eigenvalue weighted by molar-refractivity contribution is 4.82. The first-order valence-electron chi connectivity index (χ1n) is 4.82. The molecule has 0 aromatic heterocycles. The smallest absolute Gasteiger partial charge is 0.345 e. The Bertz CT molecular complexity index is 220. The van der Waals surface area contributed by atoms with Crippen molar-refractivity contribution in [2.75, 3.05) is 20.2 Å². The summed E-state index contributed by atoms with van der Waals surface area (Å²) in [7, 11) is 1.03. The van der Waals surface area contributed by atoms with Crippen LogP contribution in [0.15, 0.2) is 0 Å². The summed E-state index contributed by atoms with van der Waals surface area (Å²) < 4.78 is 0. The number of hydrogen-bond acceptors (Lipinski definition) is 9. The predicted molar refractivity (Wildman–Crippen MR) is 53.1 cm³/mol. The first-order valence-corrected chi connectivity index (χ1v) is 4.82. The minimum Gasteiger partial charge on any atom is -0.394 e. The maximum absolute atomic E-state index is 9.39. The van der Waals surface area contributed by atoms with Crippen molar-refractivity contribution in [1.82, 2.24) is 4.90 Å². The molecular formula is C8H19NO8. The second-order valence-electron chi connectivity index (χ2n) is 3.78. The molecule has 0 bridgehead atoms. The molecule has 0 aliphatic heterocycles. The van der Waals surface area contributed by atoms with E-state index in [1.807, 2.05) is 0 Å². The molecule has 4 atom stereocenters. The molecule has 0 saturated carbocycles. The van der Waals surface area contributed by atoms with Crippen molar-refractivity contribution < 1.29 is 40.9 Å². The van der Waals surface area contributed by atoms with E-state index in [0.717, 1.165) is 7.05 Å². The van der Waals surface area contributed by atoms with Crippen LogP contribution < -0.4 is 0 Å². The Balaban J connectivity index is 4.36. The van der Waals surface area contributed by atoms with Gasteiger partial charge in [0.2, 0.25) is 0 Å². The van der Waals surface area contributed by atoms with Gasteiger partial charge in [0, 0.05) is 6.54 Å². The van der Waals surface area contributed by atoms with Gasteiger partial charge in [0.25, 0.3) is 0 Å². The molecule has 0 fully saturated rings. The summed E-state index contributed by atoms with van der Waals surface area (Å²) in [6, 6.07) is 0. The number of aliphatic hydroxyl groups is 8. The molecule has 0 heterocycles. The van der Waals surface area contributed by atoms with Crippen LogP contribution in [0.3, 0.4) is 0 Å².